The summed E-state index contributed by atoms with van der Waals surface area (Å²) in [6.07, 6.45) is 5.93. The second-order valence-electron chi connectivity index (χ2n) is 4.97. The van der Waals surface area contributed by atoms with Gasteiger partial charge in [0.1, 0.15) is 0 Å². The van der Waals surface area contributed by atoms with Crippen LogP contribution in [0.25, 0.3) is 0 Å². The molecule has 0 N–H and O–H groups in total. The van der Waals surface area contributed by atoms with E-state index in [4.69, 9.17) is 0 Å². The van der Waals surface area contributed by atoms with E-state index in [2.05, 4.69) is 20.0 Å². The zero-order valence-electron chi connectivity index (χ0n) is 14.1. The van der Waals surface area contributed by atoms with Gasteiger partial charge in [-0.3, -0.25) is 0 Å². The summed E-state index contributed by atoms with van der Waals surface area (Å²) in [6.45, 7) is 0.241. The highest BCUT2D eigenvalue weighted by molar-refractivity contribution is 8.76. The van der Waals surface area contributed by atoms with Crippen LogP contribution in [0.4, 0.5) is 11.4 Å². The highest BCUT2D eigenvalue weighted by Crippen LogP contribution is 2.43. The van der Waals surface area contributed by atoms with Crippen molar-refractivity contribution in [2.75, 3.05) is 0 Å². The number of hydrogen-bond acceptors (Lipinski definition) is 10. The third-order valence-electron chi connectivity index (χ3n) is 3.30. The van der Waals surface area contributed by atoms with Crippen molar-refractivity contribution in [3.63, 3.8) is 0 Å². The van der Waals surface area contributed by atoms with Crippen LogP contribution in [0.1, 0.15) is 11.1 Å². The Bertz CT molecular complexity index is 978. The van der Waals surface area contributed by atoms with Crippen LogP contribution in [0.15, 0.2) is 66.2 Å². The predicted octanol–water partition coefficient (Wildman–Crippen LogP) is 4.09. The van der Waals surface area contributed by atoms with E-state index in [1.807, 2.05) is 0 Å². The summed E-state index contributed by atoms with van der Waals surface area (Å²) >= 11 is 0. The number of hydrogen-bond donors (Lipinski definition) is 0. The van der Waals surface area contributed by atoms with Crippen LogP contribution in [0.5, 0.6) is 0 Å². The van der Waals surface area contributed by atoms with Crippen molar-refractivity contribution in [3.8, 4) is 0 Å². The van der Waals surface area contributed by atoms with E-state index in [0.717, 1.165) is 20.9 Å². The molecule has 0 saturated heterocycles. The van der Waals surface area contributed by atoms with E-state index in [-0.39, 0.29) is 13.1 Å². The van der Waals surface area contributed by atoms with Crippen LogP contribution in [-0.4, -0.2) is 24.3 Å². The fraction of sp³-hybridized carbons (Fsp3) is 0.111. The van der Waals surface area contributed by atoms with Crippen LogP contribution >= 0.6 is 21.6 Å². The second kappa shape index (κ2) is 11.4. The van der Waals surface area contributed by atoms with Crippen LogP contribution < -0.4 is 0 Å². The molecule has 0 aliphatic carbocycles. The monoisotopic (exact) mass is 410 g/mol. The molecule has 0 unspecified atom stereocenters. The quantitative estimate of drug-likeness (QED) is 0.349. The van der Waals surface area contributed by atoms with Gasteiger partial charge in [0.2, 0.25) is 24.3 Å². The van der Waals surface area contributed by atoms with Crippen molar-refractivity contribution in [2.24, 2.45) is 20.0 Å². The largest absolute Gasteiger partial charge is 0.240 e. The minimum Gasteiger partial charge on any atom is -0.211 e. The molecule has 138 valence electrons. The zero-order valence-corrected chi connectivity index (χ0v) is 15.7. The van der Waals surface area contributed by atoms with Gasteiger partial charge >= 0.3 is 0 Å². The maximum Gasteiger partial charge on any atom is 0.240 e. The molecule has 0 fully saturated rings. The van der Waals surface area contributed by atoms with Gasteiger partial charge in [-0.05, 0) is 35.4 Å². The Morgan fingerprint density at radius 1 is 0.643 bits per heavy atom. The lowest BCUT2D eigenvalue weighted by atomic mass is 10.2. The first kappa shape index (κ1) is 21.0. The molecular formula is C18H10N4O4S2. The number of isocyanates is 4. The standard InChI is InChI=1S/C18H10N4O4S2/c23-9-19-7-13-1-3-15(21-11-25)5-17(13)27-28-18-6-16(22-12-26)4-2-14(18)8-20-10-24/h1-6H,7-8H2. The molecule has 0 saturated carbocycles. The number of aliphatic imine (C=N–C) groups is 4. The summed E-state index contributed by atoms with van der Waals surface area (Å²) < 4.78 is 0. The Morgan fingerprint density at radius 3 is 1.43 bits per heavy atom. The molecule has 0 heterocycles. The SMILES string of the molecule is O=C=NCc1ccc(N=C=O)cc1SSc1cc(N=C=O)ccc1CN=C=O. The van der Waals surface area contributed by atoms with Gasteiger partial charge in [-0.25, -0.2) is 29.2 Å². The van der Waals surface area contributed by atoms with Gasteiger partial charge in [-0.15, -0.1) is 0 Å². The highest BCUT2D eigenvalue weighted by atomic mass is 33.1. The molecule has 2 aromatic rings. The summed E-state index contributed by atoms with van der Waals surface area (Å²) in [5, 5.41) is 0. The molecule has 0 atom stereocenters. The smallest absolute Gasteiger partial charge is 0.211 e. The minimum absolute atomic E-state index is 0.120. The Kier molecular flexibility index (Phi) is 8.53. The first-order chi connectivity index (χ1) is 13.7. The lowest BCUT2D eigenvalue weighted by molar-refractivity contribution is 0.562. The summed E-state index contributed by atoms with van der Waals surface area (Å²) in [5.41, 5.74) is 2.28. The number of benzene rings is 2. The first-order valence-electron chi connectivity index (χ1n) is 7.55. The van der Waals surface area contributed by atoms with Crippen molar-refractivity contribution >= 4 is 57.3 Å². The Labute approximate surface area is 167 Å². The average molecular weight is 410 g/mol. The lowest BCUT2D eigenvalue weighted by Gasteiger charge is -2.10. The van der Waals surface area contributed by atoms with Crippen molar-refractivity contribution in [2.45, 2.75) is 22.9 Å². The molecule has 0 radical (unpaired) electrons. The number of nitrogens with zero attached hydrogens (tertiary/aromatic N) is 4. The molecule has 2 rings (SSSR count). The molecule has 0 amide bonds. The molecule has 0 aromatic heterocycles. The van der Waals surface area contributed by atoms with Gasteiger partial charge in [0.05, 0.1) is 24.5 Å². The van der Waals surface area contributed by atoms with Gasteiger partial charge in [-0.2, -0.15) is 9.98 Å². The highest BCUT2D eigenvalue weighted by Gasteiger charge is 2.10. The van der Waals surface area contributed by atoms with Crippen LogP contribution in [0, 0.1) is 0 Å². The van der Waals surface area contributed by atoms with E-state index >= 15 is 0 Å². The van der Waals surface area contributed by atoms with E-state index in [0.29, 0.717) is 11.4 Å². The zero-order chi connectivity index (χ0) is 20.2. The van der Waals surface area contributed by atoms with E-state index in [9.17, 15) is 19.2 Å². The molecule has 28 heavy (non-hydrogen) atoms. The third-order valence-corrected chi connectivity index (χ3v) is 5.83. The molecule has 0 aliphatic rings. The normalized spacial score (nSPS) is 9.29. The molecule has 0 bridgehead atoms. The molecular weight excluding hydrogens is 400 g/mol. The summed E-state index contributed by atoms with van der Waals surface area (Å²) in [4.78, 5) is 57.6. The molecule has 2 aromatic carbocycles. The number of carbonyl (C=O) groups excluding carboxylic acids is 4. The second-order valence-corrected chi connectivity index (χ2v) is 7.18. The fourth-order valence-electron chi connectivity index (χ4n) is 2.07. The Hall–Kier alpha value is -3.34. The van der Waals surface area contributed by atoms with Crippen LogP contribution in [0.2, 0.25) is 0 Å². The summed E-state index contributed by atoms with van der Waals surface area (Å²) in [6, 6.07) is 9.94. The van der Waals surface area contributed by atoms with E-state index < -0.39 is 0 Å². The van der Waals surface area contributed by atoms with E-state index in [1.165, 1.54) is 45.9 Å². The maximum absolute atomic E-state index is 10.5. The van der Waals surface area contributed by atoms with Crippen LogP contribution in [-0.2, 0) is 32.3 Å². The van der Waals surface area contributed by atoms with Crippen molar-refractivity contribution in [1.29, 1.82) is 0 Å². The molecule has 0 aliphatic heterocycles. The third kappa shape index (κ3) is 6.13. The van der Waals surface area contributed by atoms with E-state index in [1.54, 1.807) is 36.4 Å². The van der Waals surface area contributed by atoms with Gasteiger partial charge in [-0.1, -0.05) is 33.7 Å². The topological polar surface area (TPSA) is 118 Å². The lowest BCUT2D eigenvalue weighted by Crippen LogP contribution is -1.87. The molecule has 10 heteroatoms. The Morgan fingerprint density at radius 2 is 1.07 bits per heavy atom. The molecule has 8 nitrogen and oxygen atoms in total. The van der Waals surface area contributed by atoms with Crippen LogP contribution in [0.3, 0.4) is 0 Å². The fourth-order valence-corrected chi connectivity index (χ4v) is 4.54. The van der Waals surface area contributed by atoms with Crippen molar-refractivity contribution in [3.05, 3.63) is 47.5 Å². The van der Waals surface area contributed by atoms with Crippen molar-refractivity contribution in [1.82, 2.24) is 0 Å². The number of rotatable bonds is 9. The van der Waals surface area contributed by atoms with Crippen molar-refractivity contribution < 1.29 is 19.2 Å². The average Bonchev–Trinajstić information content (AvgIpc) is 2.71. The van der Waals surface area contributed by atoms with Gasteiger partial charge in [0.15, 0.2) is 0 Å². The maximum atomic E-state index is 10.5. The van der Waals surface area contributed by atoms with Gasteiger partial charge < -0.3 is 0 Å². The first-order valence-corrected chi connectivity index (χ1v) is 9.70. The predicted molar refractivity (Wildman–Crippen MR) is 104 cm³/mol. The molecule has 0 spiro atoms. The Balaban J connectivity index is 2.37. The van der Waals surface area contributed by atoms with Gasteiger partial charge in [0, 0.05) is 9.79 Å². The summed E-state index contributed by atoms with van der Waals surface area (Å²) in [7, 11) is 2.64. The summed E-state index contributed by atoms with van der Waals surface area (Å²) in [5.74, 6) is 0. The van der Waals surface area contributed by atoms with Gasteiger partial charge in [0.25, 0.3) is 0 Å². The minimum atomic E-state index is 0.120.